The van der Waals surface area contributed by atoms with Crippen LogP contribution in [0.1, 0.15) is 24.1 Å². The number of aryl methyl sites for hydroxylation is 1. The van der Waals surface area contributed by atoms with E-state index < -0.39 is 0 Å². The first-order chi connectivity index (χ1) is 9.04. The lowest BCUT2D eigenvalue weighted by molar-refractivity contribution is -0.123. The summed E-state index contributed by atoms with van der Waals surface area (Å²) >= 11 is 0. The highest BCUT2D eigenvalue weighted by Gasteiger charge is 2.10. The summed E-state index contributed by atoms with van der Waals surface area (Å²) < 4.78 is 10.4. The molecule has 0 radical (unpaired) electrons. The smallest absolute Gasteiger partial charge is 0.258 e. The average molecular weight is 266 g/mol. The zero-order valence-electron chi connectivity index (χ0n) is 11.7. The van der Waals surface area contributed by atoms with E-state index in [0.29, 0.717) is 18.9 Å². The second kappa shape index (κ2) is 7.76. The molecule has 1 rings (SSSR count). The predicted octanol–water partition coefficient (Wildman–Crippen LogP) is 1.16. The number of ether oxygens (including phenoxy) is 2. The Balaban J connectivity index is 2.56. The van der Waals surface area contributed by atoms with Gasteiger partial charge in [0.25, 0.3) is 5.91 Å². The van der Waals surface area contributed by atoms with Crippen LogP contribution in [0.25, 0.3) is 0 Å². The molecule has 0 saturated heterocycles. The molecule has 0 aliphatic rings. The van der Waals surface area contributed by atoms with Crippen molar-refractivity contribution in [2.75, 3.05) is 26.9 Å². The molecule has 5 heteroatoms. The minimum atomic E-state index is -0.172. The molecule has 0 spiro atoms. The molecule has 1 aromatic rings. The molecule has 1 atom stereocenters. The van der Waals surface area contributed by atoms with Gasteiger partial charge in [0, 0.05) is 25.3 Å². The molecule has 106 valence electrons. The van der Waals surface area contributed by atoms with Crippen LogP contribution in [0.15, 0.2) is 18.2 Å². The second-order valence-electron chi connectivity index (χ2n) is 4.46. The number of amides is 1. The number of hydrogen-bond donors (Lipinski definition) is 2. The van der Waals surface area contributed by atoms with Gasteiger partial charge >= 0.3 is 0 Å². The zero-order valence-corrected chi connectivity index (χ0v) is 11.7. The minimum absolute atomic E-state index is 0.0209. The van der Waals surface area contributed by atoms with Gasteiger partial charge in [-0.1, -0.05) is 12.1 Å². The van der Waals surface area contributed by atoms with Gasteiger partial charge in [0.05, 0.1) is 6.61 Å². The third kappa shape index (κ3) is 5.28. The molecule has 1 amide bonds. The second-order valence-corrected chi connectivity index (χ2v) is 4.46. The van der Waals surface area contributed by atoms with Gasteiger partial charge in [-0.25, -0.2) is 0 Å². The summed E-state index contributed by atoms with van der Waals surface area (Å²) in [6.07, 6.45) is 0. The first-order valence-corrected chi connectivity index (χ1v) is 6.29. The van der Waals surface area contributed by atoms with E-state index in [1.54, 1.807) is 7.11 Å². The highest BCUT2D eigenvalue weighted by atomic mass is 16.5. The Hall–Kier alpha value is -1.59. The van der Waals surface area contributed by atoms with Crippen molar-refractivity contribution < 1.29 is 14.3 Å². The lowest BCUT2D eigenvalue weighted by atomic mass is 10.1. The van der Waals surface area contributed by atoms with E-state index in [2.05, 4.69) is 5.32 Å². The van der Waals surface area contributed by atoms with Crippen LogP contribution in [0, 0.1) is 6.92 Å². The van der Waals surface area contributed by atoms with Crippen molar-refractivity contribution in [3.8, 4) is 5.75 Å². The Labute approximate surface area is 114 Å². The fourth-order valence-corrected chi connectivity index (χ4v) is 1.63. The van der Waals surface area contributed by atoms with Crippen molar-refractivity contribution in [2.24, 2.45) is 5.73 Å². The van der Waals surface area contributed by atoms with E-state index in [1.807, 2.05) is 32.0 Å². The first-order valence-electron chi connectivity index (χ1n) is 6.29. The van der Waals surface area contributed by atoms with Gasteiger partial charge in [-0.3, -0.25) is 4.79 Å². The highest BCUT2D eigenvalue weighted by Crippen LogP contribution is 2.24. The van der Waals surface area contributed by atoms with Gasteiger partial charge in [0.2, 0.25) is 0 Å². The molecule has 0 aromatic heterocycles. The molecule has 19 heavy (non-hydrogen) atoms. The molecule has 0 saturated carbocycles. The van der Waals surface area contributed by atoms with Crippen LogP contribution < -0.4 is 15.8 Å². The van der Waals surface area contributed by atoms with Crippen LogP contribution in [-0.2, 0) is 9.53 Å². The summed E-state index contributed by atoms with van der Waals surface area (Å²) in [6, 6.07) is 5.66. The van der Waals surface area contributed by atoms with Gasteiger partial charge in [0.15, 0.2) is 6.61 Å². The average Bonchev–Trinajstić information content (AvgIpc) is 2.36. The van der Waals surface area contributed by atoms with Crippen molar-refractivity contribution >= 4 is 5.91 Å². The lowest BCUT2D eigenvalue weighted by Gasteiger charge is -2.14. The normalized spacial score (nSPS) is 12.0. The number of carbonyl (C=O) groups excluding carboxylic acids is 1. The summed E-state index contributed by atoms with van der Waals surface area (Å²) in [4.78, 5) is 11.5. The summed E-state index contributed by atoms with van der Waals surface area (Å²) in [5.41, 5.74) is 7.84. The Bertz CT molecular complexity index is 419. The number of benzene rings is 1. The third-order valence-electron chi connectivity index (χ3n) is 2.65. The predicted molar refractivity (Wildman–Crippen MR) is 74.2 cm³/mol. The summed E-state index contributed by atoms with van der Waals surface area (Å²) in [6.45, 7) is 4.80. The standard InChI is InChI=1S/C14H22N2O3/c1-10-4-5-12(11(2)15)13(8-10)19-9-14(17)16-6-7-18-3/h4-5,8,11H,6-7,9,15H2,1-3H3,(H,16,17). The first kappa shape index (κ1) is 15.5. The maximum Gasteiger partial charge on any atom is 0.258 e. The van der Waals surface area contributed by atoms with Gasteiger partial charge < -0.3 is 20.5 Å². The van der Waals surface area contributed by atoms with Crippen molar-refractivity contribution in [1.82, 2.24) is 5.32 Å². The Morgan fingerprint density at radius 3 is 2.84 bits per heavy atom. The van der Waals surface area contributed by atoms with Crippen molar-refractivity contribution in [3.05, 3.63) is 29.3 Å². The fraction of sp³-hybridized carbons (Fsp3) is 0.500. The number of carbonyl (C=O) groups is 1. The largest absolute Gasteiger partial charge is 0.483 e. The van der Waals surface area contributed by atoms with E-state index >= 15 is 0 Å². The molecule has 0 aliphatic carbocycles. The number of rotatable bonds is 7. The zero-order chi connectivity index (χ0) is 14.3. The van der Waals surface area contributed by atoms with Gasteiger partial charge in [-0.2, -0.15) is 0 Å². The number of nitrogens with one attached hydrogen (secondary N) is 1. The Kier molecular flexibility index (Phi) is 6.32. The van der Waals surface area contributed by atoms with E-state index in [4.69, 9.17) is 15.2 Å². The molecule has 0 fully saturated rings. The van der Waals surface area contributed by atoms with E-state index in [1.165, 1.54) is 0 Å². The minimum Gasteiger partial charge on any atom is -0.483 e. The summed E-state index contributed by atoms with van der Waals surface area (Å²) in [5.74, 6) is 0.492. The van der Waals surface area contributed by atoms with Gasteiger partial charge in [0.1, 0.15) is 5.75 Å². The van der Waals surface area contributed by atoms with Crippen LogP contribution in [-0.4, -0.2) is 32.8 Å². The van der Waals surface area contributed by atoms with E-state index in [9.17, 15) is 4.79 Å². The van der Waals surface area contributed by atoms with Crippen LogP contribution in [0.4, 0.5) is 0 Å². The van der Waals surface area contributed by atoms with E-state index in [0.717, 1.165) is 11.1 Å². The quantitative estimate of drug-likeness (QED) is 0.726. The monoisotopic (exact) mass is 266 g/mol. The summed E-state index contributed by atoms with van der Waals surface area (Å²) in [5, 5.41) is 2.70. The number of hydrogen-bond acceptors (Lipinski definition) is 4. The maximum atomic E-state index is 11.5. The van der Waals surface area contributed by atoms with Crippen molar-refractivity contribution in [1.29, 1.82) is 0 Å². The molecule has 0 heterocycles. The van der Waals surface area contributed by atoms with E-state index in [-0.39, 0.29) is 18.6 Å². The Morgan fingerprint density at radius 1 is 1.47 bits per heavy atom. The molecule has 1 aromatic carbocycles. The van der Waals surface area contributed by atoms with Crippen LogP contribution in [0.5, 0.6) is 5.75 Å². The molecule has 0 aliphatic heterocycles. The highest BCUT2D eigenvalue weighted by molar-refractivity contribution is 5.77. The molecule has 3 N–H and O–H groups in total. The van der Waals surface area contributed by atoms with Crippen LogP contribution in [0.3, 0.4) is 0 Å². The molecular weight excluding hydrogens is 244 g/mol. The molecule has 1 unspecified atom stereocenters. The summed E-state index contributed by atoms with van der Waals surface area (Å²) in [7, 11) is 1.59. The van der Waals surface area contributed by atoms with Crippen LogP contribution >= 0.6 is 0 Å². The van der Waals surface area contributed by atoms with Crippen LogP contribution in [0.2, 0.25) is 0 Å². The lowest BCUT2D eigenvalue weighted by Crippen LogP contribution is -2.31. The topological polar surface area (TPSA) is 73.6 Å². The fourth-order valence-electron chi connectivity index (χ4n) is 1.63. The van der Waals surface area contributed by atoms with Gasteiger partial charge in [-0.05, 0) is 25.5 Å². The third-order valence-corrected chi connectivity index (χ3v) is 2.65. The SMILES string of the molecule is COCCNC(=O)COc1cc(C)ccc1C(C)N. The molecule has 0 bridgehead atoms. The van der Waals surface area contributed by atoms with Crippen molar-refractivity contribution in [3.63, 3.8) is 0 Å². The molecule has 5 nitrogen and oxygen atoms in total. The maximum absolute atomic E-state index is 11.5. The Morgan fingerprint density at radius 2 is 2.21 bits per heavy atom. The number of methoxy groups -OCH3 is 1. The van der Waals surface area contributed by atoms with Gasteiger partial charge in [-0.15, -0.1) is 0 Å². The molecular formula is C14H22N2O3. The number of nitrogens with two attached hydrogens (primary N) is 1. The van der Waals surface area contributed by atoms with Crippen molar-refractivity contribution in [2.45, 2.75) is 19.9 Å².